The second-order valence-corrected chi connectivity index (χ2v) is 4.06. The van der Waals surface area contributed by atoms with E-state index in [1.54, 1.807) is 0 Å². The Balaban J connectivity index is 2.43. The first kappa shape index (κ1) is 12.2. The van der Waals surface area contributed by atoms with Crippen molar-refractivity contribution in [2.45, 2.75) is 39.3 Å². The largest absolute Gasteiger partial charge is 0.324 e. The van der Waals surface area contributed by atoms with E-state index in [1.807, 2.05) is 6.92 Å². The smallest absolute Gasteiger partial charge is 0.0266 e. The Morgan fingerprint density at radius 1 is 1.40 bits per heavy atom. The number of nitrogens with one attached hydrogen (secondary N) is 1. The maximum absolute atomic E-state index is 5.84. The summed E-state index contributed by atoms with van der Waals surface area (Å²) >= 11 is 0. The van der Waals surface area contributed by atoms with Gasteiger partial charge in [0.1, 0.15) is 0 Å². The van der Waals surface area contributed by atoms with Gasteiger partial charge < -0.3 is 11.1 Å². The third-order valence-electron chi connectivity index (χ3n) is 2.51. The van der Waals surface area contributed by atoms with Gasteiger partial charge in [-0.05, 0) is 31.0 Å². The fraction of sp³-hybridized carbons (Fsp3) is 0.538. The minimum atomic E-state index is 0.126. The van der Waals surface area contributed by atoms with E-state index in [4.69, 9.17) is 5.73 Å². The number of benzene rings is 1. The van der Waals surface area contributed by atoms with Crippen molar-refractivity contribution in [2.75, 3.05) is 6.54 Å². The molecule has 2 nitrogen and oxygen atoms in total. The fourth-order valence-corrected chi connectivity index (χ4v) is 1.52. The molecule has 1 aromatic carbocycles. The minimum Gasteiger partial charge on any atom is -0.324 e. The summed E-state index contributed by atoms with van der Waals surface area (Å²) in [7, 11) is 0. The molecule has 0 aliphatic carbocycles. The molecule has 3 N–H and O–H groups in total. The van der Waals surface area contributed by atoms with Gasteiger partial charge in [-0.1, -0.05) is 37.6 Å². The number of nitrogens with two attached hydrogens (primary N) is 1. The van der Waals surface area contributed by atoms with Crippen molar-refractivity contribution in [1.29, 1.82) is 0 Å². The molecule has 0 bridgehead atoms. The summed E-state index contributed by atoms with van der Waals surface area (Å²) < 4.78 is 0. The van der Waals surface area contributed by atoms with Crippen molar-refractivity contribution in [2.24, 2.45) is 5.73 Å². The second-order valence-electron chi connectivity index (χ2n) is 4.06. The molecule has 0 spiro atoms. The van der Waals surface area contributed by atoms with Crippen molar-refractivity contribution >= 4 is 0 Å². The molecule has 1 atom stereocenters. The van der Waals surface area contributed by atoms with Gasteiger partial charge in [-0.2, -0.15) is 0 Å². The van der Waals surface area contributed by atoms with Crippen molar-refractivity contribution in [3.63, 3.8) is 0 Å². The van der Waals surface area contributed by atoms with Crippen LogP contribution in [0.3, 0.4) is 0 Å². The molecule has 0 fully saturated rings. The molecule has 0 aromatic heterocycles. The van der Waals surface area contributed by atoms with Crippen LogP contribution in [0.4, 0.5) is 0 Å². The topological polar surface area (TPSA) is 38.0 Å². The first-order chi connectivity index (χ1) is 7.24. The molecule has 15 heavy (non-hydrogen) atoms. The van der Waals surface area contributed by atoms with Gasteiger partial charge in [0.05, 0.1) is 0 Å². The minimum absolute atomic E-state index is 0.126. The molecule has 0 saturated heterocycles. The van der Waals surface area contributed by atoms with Gasteiger partial charge in [0, 0.05) is 12.6 Å². The van der Waals surface area contributed by atoms with E-state index in [-0.39, 0.29) is 6.04 Å². The first-order valence-electron chi connectivity index (χ1n) is 5.79. The summed E-state index contributed by atoms with van der Waals surface area (Å²) in [4.78, 5) is 0. The second kappa shape index (κ2) is 6.59. The Morgan fingerprint density at radius 2 is 2.20 bits per heavy atom. The Bertz CT molecular complexity index is 282. The van der Waals surface area contributed by atoms with E-state index < -0.39 is 0 Å². The van der Waals surface area contributed by atoms with Crippen molar-refractivity contribution in [1.82, 2.24) is 5.32 Å². The van der Waals surface area contributed by atoms with Gasteiger partial charge in [-0.25, -0.2) is 0 Å². The van der Waals surface area contributed by atoms with Crippen LogP contribution in [0.5, 0.6) is 0 Å². The van der Waals surface area contributed by atoms with E-state index in [2.05, 4.69) is 36.5 Å². The summed E-state index contributed by atoms with van der Waals surface area (Å²) in [5.41, 5.74) is 8.37. The Labute approximate surface area is 92.9 Å². The van der Waals surface area contributed by atoms with Gasteiger partial charge in [-0.3, -0.25) is 0 Å². The lowest BCUT2D eigenvalue weighted by Gasteiger charge is -2.09. The zero-order chi connectivity index (χ0) is 11.1. The Hall–Kier alpha value is -0.860. The summed E-state index contributed by atoms with van der Waals surface area (Å²) in [6.45, 7) is 6.27. The lowest BCUT2D eigenvalue weighted by molar-refractivity contribution is 0.640. The van der Waals surface area contributed by atoms with Crippen molar-refractivity contribution in [3.05, 3.63) is 35.4 Å². The molecule has 1 aromatic rings. The average Bonchev–Trinajstić information content (AvgIpc) is 2.25. The predicted molar refractivity (Wildman–Crippen MR) is 65.7 cm³/mol. The van der Waals surface area contributed by atoms with Crippen LogP contribution in [0.1, 0.15) is 43.9 Å². The number of hydrogen-bond acceptors (Lipinski definition) is 2. The highest BCUT2D eigenvalue weighted by atomic mass is 14.8. The van der Waals surface area contributed by atoms with Crippen LogP contribution in [0.2, 0.25) is 0 Å². The molecule has 1 rings (SSSR count). The molecule has 0 aliphatic heterocycles. The van der Waals surface area contributed by atoms with E-state index in [0.717, 1.165) is 13.1 Å². The van der Waals surface area contributed by atoms with E-state index >= 15 is 0 Å². The third-order valence-corrected chi connectivity index (χ3v) is 2.51. The molecule has 2 heteroatoms. The van der Waals surface area contributed by atoms with Crippen LogP contribution in [0, 0.1) is 0 Å². The lowest BCUT2D eigenvalue weighted by atomic mass is 10.1. The van der Waals surface area contributed by atoms with Crippen LogP contribution in [-0.4, -0.2) is 6.54 Å². The quantitative estimate of drug-likeness (QED) is 0.702. The molecule has 0 radical (unpaired) electrons. The van der Waals surface area contributed by atoms with Gasteiger partial charge in [0.15, 0.2) is 0 Å². The highest BCUT2D eigenvalue weighted by Crippen LogP contribution is 2.11. The van der Waals surface area contributed by atoms with Crippen molar-refractivity contribution < 1.29 is 0 Å². The van der Waals surface area contributed by atoms with Gasteiger partial charge in [0.25, 0.3) is 0 Å². The fourth-order valence-electron chi connectivity index (χ4n) is 1.52. The first-order valence-corrected chi connectivity index (χ1v) is 5.79. The summed E-state index contributed by atoms with van der Waals surface area (Å²) in [6.07, 6.45) is 2.49. The number of unbranched alkanes of at least 4 members (excludes halogenated alkanes) is 1. The normalized spacial score (nSPS) is 12.7. The number of rotatable bonds is 6. The van der Waals surface area contributed by atoms with Crippen LogP contribution < -0.4 is 11.1 Å². The molecule has 84 valence electrons. The van der Waals surface area contributed by atoms with Gasteiger partial charge in [0.2, 0.25) is 0 Å². The molecule has 0 amide bonds. The maximum atomic E-state index is 5.84. The van der Waals surface area contributed by atoms with Gasteiger partial charge >= 0.3 is 0 Å². The summed E-state index contributed by atoms with van der Waals surface area (Å²) in [6, 6.07) is 8.62. The summed E-state index contributed by atoms with van der Waals surface area (Å²) in [5.74, 6) is 0. The summed E-state index contributed by atoms with van der Waals surface area (Å²) in [5, 5.41) is 3.43. The Kier molecular flexibility index (Phi) is 5.37. The van der Waals surface area contributed by atoms with Crippen LogP contribution in [0.25, 0.3) is 0 Å². The van der Waals surface area contributed by atoms with Crippen LogP contribution >= 0.6 is 0 Å². The highest BCUT2D eigenvalue weighted by Gasteiger charge is 1.99. The lowest BCUT2D eigenvalue weighted by Crippen LogP contribution is -2.15. The molecule has 0 heterocycles. The highest BCUT2D eigenvalue weighted by molar-refractivity contribution is 5.25. The SMILES string of the molecule is CCCCNCc1cccc(C(C)N)c1. The maximum Gasteiger partial charge on any atom is 0.0266 e. The zero-order valence-electron chi connectivity index (χ0n) is 9.79. The van der Waals surface area contributed by atoms with E-state index in [1.165, 1.54) is 24.0 Å². The number of hydrogen-bond donors (Lipinski definition) is 2. The third kappa shape index (κ3) is 4.45. The molecular weight excluding hydrogens is 184 g/mol. The predicted octanol–water partition coefficient (Wildman–Crippen LogP) is 2.60. The average molecular weight is 206 g/mol. The Morgan fingerprint density at radius 3 is 2.87 bits per heavy atom. The standard InChI is InChI=1S/C13H22N2/c1-3-4-8-15-10-12-6-5-7-13(9-12)11(2)14/h5-7,9,11,15H,3-4,8,10,14H2,1-2H3. The van der Waals surface area contributed by atoms with Crippen LogP contribution in [0.15, 0.2) is 24.3 Å². The molecule has 0 saturated carbocycles. The van der Waals surface area contributed by atoms with E-state index in [9.17, 15) is 0 Å². The van der Waals surface area contributed by atoms with Gasteiger partial charge in [-0.15, -0.1) is 0 Å². The van der Waals surface area contributed by atoms with Crippen LogP contribution in [-0.2, 0) is 6.54 Å². The van der Waals surface area contributed by atoms with E-state index in [0.29, 0.717) is 0 Å². The monoisotopic (exact) mass is 206 g/mol. The molecule has 1 unspecified atom stereocenters. The zero-order valence-corrected chi connectivity index (χ0v) is 9.79. The molecular formula is C13H22N2. The van der Waals surface area contributed by atoms with Crippen molar-refractivity contribution in [3.8, 4) is 0 Å². The molecule has 0 aliphatic rings.